The summed E-state index contributed by atoms with van der Waals surface area (Å²) in [4.78, 5) is 16.4. The molecule has 0 amide bonds. The van der Waals surface area contributed by atoms with Crippen LogP contribution in [0.15, 0.2) is 18.3 Å². The van der Waals surface area contributed by atoms with Gasteiger partial charge in [-0.2, -0.15) is 0 Å². The van der Waals surface area contributed by atoms with Crippen molar-refractivity contribution in [2.24, 2.45) is 0 Å². The number of hydrogen-bond acceptors (Lipinski definition) is 5. The fourth-order valence-electron chi connectivity index (χ4n) is 2.30. The molecular weight excluding hydrogens is 234 g/mol. The van der Waals surface area contributed by atoms with Gasteiger partial charge >= 0.3 is 0 Å². The zero-order chi connectivity index (χ0) is 13.3. The zero-order valence-corrected chi connectivity index (χ0v) is 10.8. The fourth-order valence-corrected chi connectivity index (χ4v) is 2.30. The smallest absolute Gasteiger partial charge is 0.287 e. The molecule has 0 saturated carbocycles. The van der Waals surface area contributed by atoms with Gasteiger partial charge in [-0.3, -0.25) is 10.1 Å². The number of rotatable bonds is 2. The topological polar surface area (TPSA) is 68.5 Å². The SMILES string of the molecule is CC1CN(c2ccc([N+](=O)[O-])cn2)CC(C)(C)O1. The Hall–Kier alpha value is -1.69. The lowest BCUT2D eigenvalue weighted by Gasteiger charge is -2.42. The van der Waals surface area contributed by atoms with Gasteiger partial charge in [0, 0.05) is 19.2 Å². The molecule has 1 atom stereocenters. The van der Waals surface area contributed by atoms with E-state index in [4.69, 9.17) is 4.74 Å². The van der Waals surface area contributed by atoms with Crippen molar-refractivity contribution in [2.75, 3.05) is 18.0 Å². The van der Waals surface area contributed by atoms with Crippen molar-refractivity contribution in [2.45, 2.75) is 32.5 Å². The van der Waals surface area contributed by atoms with Gasteiger partial charge in [0.1, 0.15) is 12.0 Å². The van der Waals surface area contributed by atoms with Crippen LogP contribution in [0.4, 0.5) is 11.5 Å². The van der Waals surface area contributed by atoms with E-state index in [2.05, 4.69) is 9.88 Å². The van der Waals surface area contributed by atoms with E-state index in [9.17, 15) is 10.1 Å². The van der Waals surface area contributed by atoms with Crippen LogP contribution in [-0.4, -0.2) is 34.7 Å². The minimum absolute atomic E-state index is 0.0133. The van der Waals surface area contributed by atoms with E-state index >= 15 is 0 Å². The number of anilines is 1. The first-order chi connectivity index (χ1) is 8.37. The Balaban J connectivity index is 2.18. The number of aromatic nitrogens is 1. The molecule has 0 radical (unpaired) electrons. The number of nitrogens with zero attached hydrogens (tertiary/aromatic N) is 3. The van der Waals surface area contributed by atoms with Crippen LogP contribution < -0.4 is 4.90 Å². The van der Waals surface area contributed by atoms with Crippen LogP contribution >= 0.6 is 0 Å². The molecule has 1 aromatic rings. The maximum absolute atomic E-state index is 10.6. The van der Waals surface area contributed by atoms with Crippen LogP contribution in [0, 0.1) is 10.1 Å². The van der Waals surface area contributed by atoms with E-state index in [0.29, 0.717) is 0 Å². The summed E-state index contributed by atoms with van der Waals surface area (Å²) in [5, 5.41) is 10.6. The predicted molar refractivity (Wildman–Crippen MR) is 67.7 cm³/mol. The first kappa shape index (κ1) is 12.8. The highest BCUT2D eigenvalue weighted by Crippen LogP contribution is 2.25. The third kappa shape index (κ3) is 2.76. The minimum Gasteiger partial charge on any atom is -0.369 e. The number of hydrogen-bond donors (Lipinski definition) is 0. The van der Waals surface area contributed by atoms with Crippen molar-refractivity contribution in [3.63, 3.8) is 0 Å². The number of morpholine rings is 1. The first-order valence-electron chi connectivity index (χ1n) is 5.90. The molecule has 2 rings (SSSR count). The molecule has 1 unspecified atom stereocenters. The summed E-state index contributed by atoms with van der Waals surface area (Å²) >= 11 is 0. The van der Waals surface area contributed by atoms with Gasteiger partial charge < -0.3 is 9.64 Å². The summed E-state index contributed by atoms with van der Waals surface area (Å²) in [6.45, 7) is 7.54. The van der Waals surface area contributed by atoms with Gasteiger partial charge in [0.15, 0.2) is 0 Å². The highest BCUT2D eigenvalue weighted by Gasteiger charge is 2.31. The molecule has 6 nitrogen and oxygen atoms in total. The Kier molecular flexibility index (Phi) is 3.21. The largest absolute Gasteiger partial charge is 0.369 e. The molecule has 98 valence electrons. The first-order valence-corrected chi connectivity index (χ1v) is 5.90. The Morgan fingerprint density at radius 2 is 2.28 bits per heavy atom. The van der Waals surface area contributed by atoms with E-state index in [1.807, 2.05) is 20.8 Å². The molecule has 0 aliphatic carbocycles. The maximum atomic E-state index is 10.6. The summed E-state index contributed by atoms with van der Waals surface area (Å²) in [5.74, 6) is 0.754. The van der Waals surface area contributed by atoms with Gasteiger partial charge in [-0.15, -0.1) is 0 Å². The van der Waals surface area contributed by atoms with Crippen LogP contribution in [0.2, 0.25) is 0 Å². The molecule has 1 aromatic heterocycles. The van der Waals surface area contributed by atoms with E-state index < -0.39 is 4.92 Å². The molecule has 0 N–H and O–H groups in total. The van der Waals surface area contributed by atoms with Gasteiger partial charge in [-0.1, -0.05) is 0 Å². The lowest BCUT2D eigenvalue weighted by atomic mass is 10.1. The summed E-state index contributed by atoms with van der Waals surface area (Å²) < 4.78 is 5.81. The van der Waals surface area contributed by atoms with E-state index in [-0.39, 0.29) is 17.4 Å². The average molecular weight is 251 g/mol. The monoisotopic (exact) mass is 251 g/mol. The van der Waals surface area contributed by atoms with Crippen LogP contribution in [0.25, 0.3) is 0 Å². The van der Waals surface area contributed by atoms with Crippen molar-refractivity contribution in [1.29, 1.82) is 0 Å². The molecule has 18 heavy (non-hydrogen) atoms. The van der Waals surface area contributed by atoms with E-state index in [0.717, 1.165) is 18.9 Å². The minimum atomic E-state index is -0.442. The quantitative estimate of drug-likeness (QED) is 0.594. The summed E-state index contributed by atoms with van der Waals surface area (Å²) in [6, 6.07) is 3.17. The van der Waals surface area contributed by atoms with Gasteiger partial charge in [-0.25, -0.2) is 4.98 Å². The Morgan fingerprint density at radius 1 is 1.56 bits per heavy atom. The van der Waals surface area contributed by atoms with Gasteiger partial charge in [0.2, 0.25) is 0 Å². The van der Waals surface area contributed by atoms with E-state index in [1.165, 1.54) is 12.3 Å². The Labute approximate surface area is 106 Å². The highest BCUT2D eigenvalue weighted by molar-refractivity contribution is 5.43. The van der Waals surface area contributed by atoms with Crippen LogP contribution in [0.1, 0.15) is 20.8 Å². The normalized spacial score (nSPS) is 22.8. The van der Waals surface area contributed by atoms with Crippen molar-refractivity contribution in [3.8, 4) is 0 Å². The summed E-state index contributed by atoms with van der Waals surface area (Å²) in [5.41, 5.74) is -0.222. The predicted octanol–water partition coefficient (Wildman–Crippen LogP) is 1.99. The highest BCUT2D eigenvalue weighted by atomic mass is 16.6. The molecular formula is C12H17N3O3. The molecule has 1 aliphatic rings. The van der Waals surface area contributed by atoms with Crippen LogP contribution in [0.5, 0.6) is 0 Å². The number of pyridine rings is 1. The second kappa shape index (κ2) is 4.53. The molecule has 0 spiro atoms. The van der Waals surface area contributed by atoms with Gasteiger partial charge in [0.25, 0.3) is 5.69 Å². The maximum Gasteiger partial charge on any atom is 0.287 e. The van der Waals surface area contributed by atoms with Crippen molar-refractivity contribution < 1.29 is 9.66 Å². The molecule has 0 aromatic carbocycles. The van der Waals surface area contributed by atoms with Crippen molar-refractivity contribution >= 4 is 11.5 Å². The van der Waals surface area contributed by atoms with Crippen LogP contribution in [-0.2, 0) is 4.74 Å². The second-order valence-electron chi connectivity index (χ2n) is 5.20. The average Bonchev–Trinajstić information content (AvgIpc) is 2.26. The molecule has 2 heterocycles. The third-order valence-electron chi connectivity index (χ3n) is 2.84. The number of nitro groups is 1. The summed E-state index contributed by atoms with van der Waals surface area (Å²) in [6.07, 6.45) is 1.41. The van der Waals surface area contributed by atoms with E-state index in [1.54, 1.807) is 6.07 Å². The standard InChI is InChI=1S/C12H17N3O3/c1-9-7-14(8-12(2,3)18-9)11-5-4-10(6-13-11)15(16)17/h4-6,9H,7-8H2,1-3H3. The van der Waals surface area contributed by atoms with Crippen molar-refractivity contribution in [1.82, 2.24) is 4.98 Å². The molecule has 1 saturated heterocycles. The zero-order valence-electron chi connectivity index (χ0n) is 10.8. The lowest BCUT2D eigenvalue weighted by molar-refractivity contribution is -0.385. The number of ether oxygens (including phenoxy) is 1. The second-order valence-corrected chi connectivity index (χ2v) is 5.20. The molecule has 6 heteroatoms. The Bertz CT molecular complexity index is 444. The fraction of sp³-hybridized carbons (Fsp3) is 0.583. The van der Waals surface area contributed by atoms with Gasteiger partial charge in [0.05, 0.1) is 16.6 Å². The summed E-state index contributed by atoms with van der Waals surface area (Å²) in [7, 11) is 0. The van der Waals surface area contributed by atoms with Crippen molar-refractivity contribution in [3.05, 3.63) is 28.4 Å². The van der Waals surface area contributed by atoms with Gasteiger partial charge in [-0.05, 0) is 26.8 Å². The molecule has 0 bridgehead atoms. The van der Waals surface area contributed by atoms with Crippen LogP contribution in [0.3, 0.4) is 0 Å². The lowest BCUT2D eigenvalue weighted by Crippen LogP contribution is -2.52. The molecule has 1 aliphatic heterocycles. The Morgan fingerprint density at radius 3 is 2.78 bits per heavy atom. The molecule has 1 fully saturated rings. The third-order valence-corrected chi connectivity index (χ3v) is 2.84.